The van der Waals surface area contributed by atoms with Crippen molar-refractivity contribution >= 4 is 0 Å². The Balaban J connectivity index is 2.39. The van der Waals surface area contributed by atoms with Gasteiger partial charge in [0.05, 0.1) is 26.0 Å². The number of rotatable bonds is 4. The van der Waals surface area contributed by atoms with Gasteiger partial charge in [0.1, 0.15) is 11.8 Å². The third-order valence-corrected chi connectivity index (χ3v) is 3.73. The number of aliphatic hydroxyl groups is 2. The van der Waals surface area contributed by atoms with Crippen molar-refractivity contribution in [2.75, 3.05) is 13.7 Å². The Hall–Kier alpha value is -1.64. The second-order valence-corrected chi connectivity index (χ2v) is 4.76. The van der Waals surface area contributed by atoms with Crippen LogP contribution >= 0.6 is 0 Å². The molecule has 1 fully saturated rings. The maximum Gasteiger partial charge on any atom is 0.330 e. The highest BCUT2D eigenvalue weighted by atomic mass is 16.6. The predicted octanol–water partition coefficient (Wildman–Crippen LogP) is -1.03. The molecule has 0 spiro atoms. The van der Waals surface area contributed by atoms with E-state index in [1.165, 1.54) is 13.3 Å². The second-order valence-electron chi connectivity index (χ2n) is 4.76. The van der Waals surface area contributed by atoms with Crippen LogP contribution in [0, 0.1) is 0 Å². The first-order valence-electron chi connectivity index (χ1n) is 6.33. The highest BCUT2D eigenvalue weighted by Crippen LogP contribution is 2.38. The Labute approximate surface area is 114 Å². The summed E-state index contributed by atoms with van der Waals surface area (Å²) >= 11 is 0. The van der Waals surface area contributed by atoms with Gasteiger partial charge in [-0.3, -0.25) is 14.3 Å². The molecule has 112 valence electrons. The summed E-state index contributed by atoms with van der Waals surface area (Å²) in [6.07, 6.45) is 0.115. The quantitative estimate of drug-likeness (QED) is 0.652. The van der Waals surface area contributed by atoms with Crippen molar-refractivity contribution in [3.63, 3.8) is 0 Å². The predicted molar refractivity (Wildman–Crippen MR) is 68.7 cm³/mol. The first kappa shape index (κ1) is 14.8. The molecule has 8 heteroatoms. The molecule has 1 aromatic rings. The highest BCUT2D eigenvalue weighted by molar-refractivity contribution is 5.12. The van der Waals surface area contributed by atoms with Gasteiger partial charge < -0.3 is 19.7 Å². The van der Waals surface area contributed by atoms with E-state index in [-0.39, 0.29) is 18.8 Å². The molecule has 3 N–H and O–H groups in total. The third-order valence-electron chi connectivity index (χ3n) is 3.73. The van der Waals surface area contributed by atoms with E-state index < -0.39 is 29.2 Å². The van der Waals surface area contributed by atoms with Crippen LogP contribution in [0.2, 0.25) is 0 Å². The summed E-state index contributed by atoms with van der Waals surface area (Å²) in [7, 11) is 1.31. The van der Waals surface area contributed by atoms with Gasteiger partial charge in [0, 0.05) is 6.42 Å². The van der Waals surface area contributed by atoms with E-state index in [1.807, 2.05) is 0 Å². The van der Waals surface area contributed by atoms with E-state index in [0.717, 1.165) is 4.57 Å². The second kappa shape index (κ2) is 5.39. The smallest absolute Gasteiger partial charge is 0.330 e. The zero-order valence-corrected chi connectivity index (χ0v) is 11.3. The average molecular weight is 286 g/mol. The van der Waals surface area contributed by atoms with Gasteiger partial charge >= 0.3 is 5.69 Å². The summed E-state index contributed by atoms with van der Waals surface area (Å²) in [5, 5.41) is 19.5. The Kier molecular flexibility index (Phi) is 3.98. The van der Waals surface area contributed by atoms with Crippen LogP contribution in [0.4, 0.5) is 0 Å². The molecule has 2 rings (SSSR count). The molecule has 20 heavy (non-hydrogen) atoms. The summed E-state index contributed by atoms with van der Waals surface area (Å²) in [5.74, 6) is -0.0271. The number of methoxy groups -OCH3 is 1. The fourth-order valence-electron chi connectivity index (χ4n) is 2.37. The van der Waals surface area contributed by atoms with Crippen LogP contribution in [0.1, 0.15) is 26.0 Å². The molecule has 0 aliphatic carbocycles. The summed E-state index contributed by atoms with van der Waals surface area (Å²) < 4.78 is 11.7. The number of nitrogens with zero attached hydrogens (tertiary/aromatic N) is 1. The molecule has 0 amide bonds. The lowest BCUT2D eigenvalue weighted by atomic mass is 9.95. The Bertz CT molecular complexity index is 588. The van der Waals surface area contributed by atoms with Crippen LogP contribution in [0.5, 0.6) is 5.75 Å². The normalized spacial score (nSPS) is 29.6. The minimum absolute atomic E-state index is 0.0271. The summed E-state index contributed by atoms with van der Waals surface area (Å²) in [4.78, 5) is 25.4. The fourth-order valence-corrected chi connectivity index (χ4v) is 2.37. The fraction of sp³-hybridized carbons (Fsp3) is 0.667. The first-order chi connectivity index (χ1) is 9.47. The van der Waals surface area contributed by atoms with Crippen LogP contribution < -0.4 is 16.0 Å². The van der Waals surface area contributed by atoms with Crippen LogP contribution in [0.25, 0.3) is 0 Å². The van der Waals surface area contributed by atoms with E-state index in [4.69, 9.17) is 9.47 Å². The van der Waals surface area contributed by atoms with Crippen molar-refractivity contribution in [3.8, 4) is 5.75 Å². The Morgan fingerprint density at radius 1 is 1.60 bits per heavy atom. The molecule has 1 aliphatic heterocycles. The largest absolute Gasteiger partial charge is 0.490 e. The first-order valence-corrected chi connectivity index (χ1v) is 6.33. The van der Waals surface area contributed by atoms with E-state index >= 15 is 0 Å². The van der Waals surface area contributed by atoms with Crippen LogP contribution in [-0.2, 0) is 4.74 Å². The number of hydrogen-bond acceptors (Lipinski definition) is 6. The lowest BCUT2D eigenvalue weighted by Gasteiger charge is -2.28. The van der Waals surface area contributed by atoms with Crippen LogP contribution in [-0.4, -0.2) is 45.2 Å². The molecule has 0 aromatic carbocycles. The topological polar surface area (TPSA) is 114 Å². The number of aromatic amines is 1. The van der Waals surface area contributed by atoms with Gasteiger partial charge in [-0.15, -0.1) is 0 Å². The zero-order chi connectivity index (χ0) is 14.9. The van der Waals surface area contributed by atoms with Gasteiger partial charge in [-0.2, -0.15) is 0 Å². The number of H-pyrrole nitrogens is 1. The number of aromatic nitrogens is 2. The number of hydrogen-bond donors (Lipinski definition) is 3. The standard InChI is InChI=1S/C12H18N2O6/c1-3-12(6-15)8(16)4-9(20-12)14-5-7(19-2)10(17)13-11(14)18/h5,8-9,15-16H,3-4,6H2,1-2H3,(H,13,17,18)/t8-,9+,12+/m0/s1. The van der Waals surface area contributed by atoms with Crippen molar-refractivity contribution < 1.29 is 19.7 Å². The summed E-state index contributed by atoms with van der Waals surface area (Å²) in [6.45, 7) is 1.43. The molecule has 2 heterocycles. The molecule has 3 atom stereocenters. The molecule has 1 aromatic heterocycles. The Morgan fingerprint density at radius 2 is 2.30 bits per heavy atom. The van der Waals surface area contributed by atoms with E-state index in [9.17, 15) is 19.8 Å². The Morgan fingerprint density at radius 3 is 2.80 bits per heavy atom. The SMILES string of the molecule is CC[C@]1(CO)O[C@@H](n2cc(OC)c(=O)[nH]c2=O)C[C@@H]1O. The molecular weight excluding hydrogens is 268 g/mol. The summed E-state index contributed by atoms with van der Waals surface area (Å²) in [6, 6.07) is 0. The van der Waals surface area contributed by atoms with Gasteiger partial charge in [0.25, 0.3) is 5.56 Å². The minimum Gasteiger partial charge on any atom is -0.490 e. The third kappa shape index (κ3) is 2.26. The minimum atomic E-state index is -1.09. The molecule has 8 nitrogen and oxygen atoms in total. The maximum absolute atomic E-state index is 11.8. The van der Waals surface area contributed by atoms with Gasteiger partial charge in [-0.05, 0) is 6.42 Å². The van der Waals surface area contributed by atoms with Crippen LogP contribution in [0.15, 0.2) is 15.8 Å². The van der Waals surface area contributed by atoms with E-state index in [1.54, 1.807) is 6.92 Å². The molecule has 0 bridgehead atoms. The molecule has 1 aliphatic rings. The number of nitrogens with one attached hydrogen (secondary N) is 1. The van der Waals surface area contributed by atoms with Gasteiger partial charge in [-0.25, -0.2) is 4.79 Å². The molecule has 0 radical (unpaired) electrons. The monoisotopic (exact) mass is 286 g/mol. The number of aliphatic hydroxyl groups excluding tert-OH is 2. The maximum atomic E-state index is 11.8. The molecule has 1 saturated heterocycles. The number of ether oxygens (including phenoxy) is 2. The van der Waals surface area contributed by atoms with Gasteiger partial charge in [-0.1, -0.05) is 6.92 Å². The molecule has 0 unspecified atom stereocenters. The van der Waals surface area contributed by atoms with E-state index in [0.29, 0.717) is 6.42 Å². The molecule has 0 saturated carbocycles. The van der Waals surface area contributed by atoms with Crippen LogP contribution in [0.3, 0.4) is 0 Å². The van der Waals surface area contributed by atoms with Crippen molar-refractivity contribution in [2.24, 2.45) is 0 Å². The van der Waals surface area contributed by atoms with Gasteiger partial charge in [0.2, 0.25) is 5.75 Å². The lowest BCUT2D eigenvalue weighted by Crippen LogP contribution is -2.42. The van der Waals surface area contributed by atoms with Crippen molar-refractivity contribution in [2.45, 2.75) is 37.7 Å². The zero-order valence-electron chi connectivity index (χ0n) is 11.3. The highest BCUT2D eigenvalue weighted by Gasteiger charge is 2.47. The van der Waals surface area contributed by atoms with Crippen molar-refractivity contribution in [3.05, 3.63) is 27.0 Å². The van der Waals surface area contributed by atoms with Crippen molar-refractivity contribution in [1.29, 1.82) is 0 Å². The average Bonchev–Trinajstić information content (AvgIpc) is 2.76. The molecular formula is C12H18N2O6. The van der Waals surface area contributed by atoms with E-state index in [2.05, 4.69) is 4.98 Å². The summed E-state index contributed by atoms with van der Waals surface area (Å²) in [5.41, 5.74) is -2.37. The van der Waals surface area contributed by atoms with Gasteiger partial charge in [0.15, 0.2) is 0 Å². The van der Waals surface area contributed by atoms with Crippen molar-refractivity contribution in [1.82, 2.24) is 9.55 Å². The lowest BCUT2D eigenvalue weighted by molar-refractivity contribution is -0.130.